The summed E-state index contributed by atoms with van der Waals surface area (Å²) in [4.78, 5) is 3.84. The van der Waals surface area contributed by atoms with E-state index in [9.17, 15) is 0 Å². The van der Waals surface area contributed by atoms with Crippen LogP contribution < -0.4 is 0 Å². The molecule has 112 valence electrons. The van der Waals surface area contributed by atoms with E-state index in [-0.39, 0.29) is 0 Å². The third-order valence-electron chi connectivity index (χ3n) is 6.61. The summed E-state index contributed by atoms with van der Waals surface area (Å²) in [6.07, 6.45) is 8.40. The molecule has 0 aromatic rings. The number of nitrogens with zero attached hydrogens (tertiary/aromatic N) is 1. The van der Waals surface area contributed by atoms with Crippen LogP contribution in [-0.2, 0) is 0 Å². The van der Waals surface area contributed by atoms with E-state index in [1.54, 1.807) is 0 Å². The molecule has 20 heavy (non-hydrogen) atoms. The molecule has 4 atom stereocenters. The SMILES string of the molecule is CC(C)N1C(=S)CC2CC3B[C@](C(C)C)(CCCC21)C3. The van der Waals surface area contributed by atoms with Gasteiger partial charge in [-0.3, -0.25) is 0 Å². The summed E-state index contributed by atoms with van der Waals surface area (Å²) in [5, 5.41) is 0.701. The van der Waals surface area contributed by atoms with Crippen LogP contribution >= 0.6 is 12.2 Å². The number of likely N-dealkylation sites (tertiary alicyclic amines) is 1. The van der Waals surface area contributed by atoms with Crippen LogP contribution in [0.15, 0.2) is 0 Å². The highest BCUT2D eigenvalue weighted by Crippen LogP contribution is 2.61. The molecule has 0 spiro atoms. The first-order valence-corrected chi connectivity index (χ1v) is 9.15. The Morgan fingerprint density at radius 3 is 2.60 bits per heavy atom. The number of thiocarbonyl (C=S) groups is 1. The van der Waals surface area contributed by atoms with Gasteiger partial charge in [0.2, 0.25) is 0 Å². The van der Waals surface area contributed by atoms with Gasteiger partial charge in [-0.05, 0) is 32.1 Å². The molecule has 4 aliphatic rings. The van der Waals surface area contributed by atoms with Crippen molar-refractivity contribution >= 4 is 24.5 Å². The van der Waals surface area contributed by atoms with Crippen LogP contribution in [0.25, 0.3) is 0 Å². The van der Waals surface area contributed by atoms with Gasteiger partial charge in [0.05, 0.1) is 4.99 Å². The minimum absolute atomic E-state index is 0.590. The molecule has 3 unspecified atom stereocenters. The van der Waals surface area contributed by atoms with Gasteiger partial charge in [-0.2, -0.15) is 0 Å². The summed E-state index contributed by atoms with van der Waals surface area (Å²) >= 11 is 5.69. The van der Waals surface area contributed by atoms with Gasteiger partial charge in [-0.1, -0.05) is 62.9 Å². The van der Waals surface area contributed by atoms with E-state index in [2.05, 4.69) is 32.6 Å². The van der Waals surface area contributed by atoms with Gasteiger partial charge in [0, 0.05) is 18.5 Å². The number of hydrogen-bond donors (Lipinski definition) is 0. The van der Waals surface area contributed by atoms with Crippen LogP contribution in [-0.4, -0.2) is 29.3 Å². The average molecular weight is 291 g/mol. The average Bonchev–Trinajstić information content (AvgIpc) is 2.65. The predicted octanol–water partition coefficient (Wildman–Crippen LogP) is 4.43. The van der Waals surface area contributed by atoms with E-state index in [4.69, 9.17) is 12.2 Å². The lowest BCUT2D eigenvalue weighted by molar-refractivity contribution is 0.218. The summed E-state index contributed by atoms with van der Waals surface area (Å²) in [5.41, 5.74) is 0. The van der Waals surface area contributed by atoms with Crippen LogP contribution in [0.2, 0.25) is 11.1 Å². The molecule has 1 aliphatic carbocycles. The molecule has 2 bridgehead atoms. The van der Waals surface area contributed by atoms with Crippen LogP contribution in [0.5, 0.6) is 0 Å². The van der Waals surface area contributed by atoms with Crippen LogP contribution in [0, 0.1) is 11.8 Å². The minimum Gasteiger partial charge on any atom is -0.360 e. The lowest BCUT2D eigenvalue weighted by Crippen LogP contribution is -2.41. The number of rotatable bonds is 2. The van der Waals surface area contributed by atoms with Crippen molar-refractivity contribution in [3.8, 4) is 0 Å². The summed E-state index contributed by atoms with van der Waals surface area (Å²) < 4.78 is 0. The second kappa shape index (κ2) is 5.30. The lowest BCUT2D eigenvalue weighted by atomic mass is 9.27. The molecule has 0 aromatic carbocycles. The fourth-order valence-corrected chi connectivity index (χ4v) is 6.04. The number of hydrogen-bond acceptors (Lipinski definition) is 1. The molecule has 1 nitrogen and oxygen atoms in total. The third kappa shape index (κ3) is 2.34. The maximum absolute atomic E-state index is 5.69. The molecule has 3 saturated heterocycles. The van der Waals surface area contributed by atoms with Crippen LogP contribution in [0.1, 0.15) is 66.2 Å². The smallest absolute Gasteiger partial charge is 0.131 e. The molecular weight excluding hydrogens is 261 g/mol. The highest BCUT2D eigenvalue weighted by atomic mass is 32.1. The Labute approximate surface area is 131 Å². The maximum atomic E-state index is 5.69. The van der Waals surface area contributed by atoms with Gasteiger partial charge < -0.3 is 4.90 Å². The van der Waals surface area contributed by atoms with Crippen molar-refractivity contribution in [2.45, 2.75) is 89.4 Å². The normalized spacial score (nSPS) is 40.8. The van der Waals surface area contributed by atoms with E-state index in [0.29, 0.717) is 11.4 Å². The zero-order valence-electron chi connectivity index (χ0n) is 13.7. The molecule has 1 saturated carbocycles. The predicted molar refractivity (Wildman–Crippen MR) is 93.0 cm³/mol. The van der Waals surface area contributed by atoms with Crippen molar-refractivity contribution in [2.75, 3.05) is 0 Å². The van der Waals surface area contributed by atoms with E-state index in [0.717, 1.165) is 23.7 Å². The van der Waals surface area contributed by atoms with E-state index < -0.39 is 0 Å². The van der Waals surface area contributed by atoms with Gasteiger partial charge in [0.1, 0.15) is 7.28 Å². The summed E-state index contributed by atoms with van der Waals surface area (Å²) in [6, 6.07) is 1.35. The second-order valence-corrected chi connectivity index (χ2v) is 8.82. The Hall–Kier alpha value is -0.0451. The topological polar surface area (TPSA) is 3.24 Å². The Kier molecular flexibility index (Phi) is 3.94. The standard InChI is InChI=1S/C17H30BNS/c1-11(2)17-7-5-6-15-13(8-14(10-17)18-17)9-16(20)19(15)12(3)4/h11-15,18H,5-10H2,1-4H3/t13?,14?,15?,17-/m1/s1. The number of fused-ring (bicyclic) bond motifs is 2. The monoisotopic (exact) mass is 291 g/mol. The van der Waals surface area contributed by atoms with Gasteiger partial charge >= 0.3 is 0 Å². The Balaban J connectivity index is 1.76. The molecule has 3 aliphatic heterocycles. The van der Waals surface area contributed by atoms with Crippen molar-refractivity contribution in [1.82, 2.24) is 4.90 Å². The maximum Gasteiger partial charge on any atom is 0.131 e. The molecule has 4 fully saturated rings. The van der Waals surface area contributed by atoms with Crippen LogP contribution in [0.3, 0.4) is 0 Å². The van der Waals surface area contributed by atoms with Crippen molar-refractivity contribution in [2.24, 2.45) is 11.8 Å². The molecule has 0 aromatic heterocycles. The molecule has 0 amide bonds. The zero-order valence-corrected chi connectivity index (χ0v) is 14.5. The first-order valence-electron chi connectivity index (χ1n) is 8.74. The van der Waals surface area contributed by atoms with Crippen LogP contribution in [0.4, 0.5) is 0 Å². The molecule has 3 heteroatoms. The fourth-order valence-electron chi connectivity index (χ4n) is 5.48. The fraction of sp³-hybridized carbons (Fsp3) is 0.941. The quantitative estimate of drug-likeness (QED) is 0.547. The Morgan fingerprint density at radius 1 is 1.30 bits per heavy atom. The Morgan fingerprint density at radius 2 is 2.00 bits per heavy atom. The largest absolute Gasteiger partial charge is 0.360 e. The minimum atomic E-state index is 0.590. The van der Waals surface area contributed by atoms with E-state index >= 15 is 0 Å². The van der Waals surface area contributed by atoms with Gasteiger partial charge in [0.25, 0.3) is 0 Å². The molecule has 3 heterocycles. The van der Waals surface area contributed by atoms with Crippen molar-refractivity contribution in [3.05, 3.63) is 0 Å². The van der Waals surface area contributed by atoms with E-state index in [1.807, 2.05) is 0 Å². The van der Waals surface area contributed by atoms with Crippen molar-refractivity contribution in [3.63, 3.8) is 0 Å². The first kappa shape index (κ1) is 14.9. The van der Waals surface area contributed by atoms with Gasteiger partial charge in [0.15, 0.2) is 0 Å². The Bertz CT molecular complexity index is 386. The van der Waals surface area contributed by atoms with Crippen molar-refractivity contribution < 1.29 is 0 Å². The third-order valence-corrected chi connectivity index (χ3v) is 6.99. The molecule has 0 radical (unpaired) electrons. The van der Waals surface area contributed by atoms with Gasteiger partial charge in [-0.25, -0.2) is 0 Å². The van der Waals surface area contributed by atoms with Gasteiger partial charge in [-0.15, -0.1) is 0 Å². The lowest BCUT2D eigenvalue weighted by Gasteiger charge is -2.50. The summed E-state index contributed by atoms with van der Waals surface area (Å²) in [6.45, 7) is 9.53. The summed E-state index contributed by atoms with van der Waals surface area (Å²) in [7, 11) is 1.50. The molecular formula is C17H30BNS. The summed E-state index contributed by atoms with van der Waals surface area (Å²) in [5.74, 6) is 2.73. The highest BCUT2D eigenvalue weighted by molar-refractivity contribution is 7.80. The van der Waals surface area contributed by atoms with E-state index in [1.165, 1.54) is 50.8 Å². The second-order valence-electron chi connectivity index (χ2n) is 8.35. The zero-order chi connectivity index (χ0) is 14.5. The van der Waals surface area contributed by atoms with Crippen molar-refractivity contribution in [1.29, 1.82) is 0 Å². The molecule has 4 rings (SSSR count). The highest BCUT2D eigenvalue weighted by Gasteiger charge is 2.50. The molecule has 0 N–H and O–H groups in total. The first-order chi connectivity index (χ1) is 9.43.